The van der Waals surface area contributed by atoms with Crippen LogP contribution in [0.3, 0.4) is 0 Å². The summed E-state index contributed by atoms with van der Waals surface area (Å²) in [7, 11) is 1.66. The molecule has 0 unspecified atom stereocenters. The highest BCUT2D eigenvalue weighted by atomic mass is 35.5. The predicted molar refractivity (Wildman–Crippen MR) is 133 cm³/mol. The second-order valence-corrected chi connectivity index (χ2v) is 9.96. The monoisotopic (exact) mass is 463 g/mol. The molecule has 0 fully saturated rings. The fourth-order valence-electron chi connectivity index (χ4n) is 3.36. The molecule has 0 aliphatic rings. The van der Waals surface area contributed by atoms with Gasteiger partial charge >= 0.3 is 0 Å². The molecule has 0 N–H and O–H groups in total. The Kier molecular flexibility index (Phi) is 6.58. The first-order chi connectivity index (χ1) is 15.3. The summed E-state index contributed by atoms with van der Waals surface area (Å²) in [5, 5.41) is 10.6. The molecule has 1 heterocycles. The predicted octanol–water partition coefficient (Wildman–Crippen LogP) is 7.19. The van der Waals surface area contributed by atoms with Gasteiger partial charge in [-0.05, 0) is 65.1 Å². The molecule has 0 atom stereocenters. The molecule has 0 saturated heterocycles. The lowest BCUT2D eigenvalue weighted by molar-refractivity contribution is 0.415. The quantitative estimate of drug-likeness (QED) is 0.284. The third-order valence-electron chi connectivity index (χ3n) is 5.25. The highest BCUT2D eigenvalue weighted by Gasteiger charge is 2.17. The van der Waals surface area contributed by atoms with E-state index in [9.17, 15) is 0 Å². The summed E-state index contributed by atoms with van der Waals surface area (Å²) >= 11 is 7.80. The molecular weight excluding hydrogens is 438 g/mol. The maximum atomic E-state index is 6.13. The van der Waals surface area contributed by atoms with Gasteiger partial charge in [0.1, 0.15) is 5.75 Å². The Balaban J connectivity index is 1.65. The fraction of sp³-hybridized carbons (Fsp3) is 0.231. The van der Waals surface area contributed by atoms with Gasteiger partial charge in [0.2, 0.25) is 0 Å². The van der Waals surface area contributed by atoms with Crippen LogP contribution in [0.25, 0.3) is 17.1 Å². The van der Waals surface area contributed by atoms with E-state index in [4.69, 9.17) is 16.3 Å². The average molecular weight is 464 g/mol. The van der Waals surface area contributed by atoms with Gasteiger partial charge in [0.05, 0.1) is 7.11 Å². The third kappa shape index (κ3) is 5.00. The lowest BCUT2D eigenvalue weighted by atomic mass is 9.87. The number of aromatic nitrogens is 3. The zero-order chi connectivity index (χ0) is 22.7. The molecule has 3 aromatic carbocycles. The number of benzene rings is 3. The Bertz CT molecular complexity index is 1180. The molecule has 32 heavy (non-hydrogen) atoms. The van der Waals surface area contributed by atoms with Gasteiger partial charge in [-0.2, -0.15) is 0 Å². The van der Waals surface area contributed by atoms with Crippen LogP contribution in [0.4, 0.5) is 0 Å². The summed E-state index contributed by atoms with van der Waals surface area (Å²) in [6.07, 6.45) is 0. The van der Waals surface area contributed by atoms with Crippen molar-refractivity contribution in [1.29, 1.82) is 0 Å². The summed E-state index contributed by atoms with van der Waals surface area (Å²) in [6.45, 7) is 6.68. The van der Waals surface area contributed by atoms with Crippen LogP contribution >= 0.6 is 23.4 Å². The lowest BCUT2D eigenvalue weighted by Crippen LogP contribution is -2.10. The topological polar surface area (TPSA) is 39.9 Å². The van der Waals surface area contributed by atoms with Gasteiger partial charge in [0, 0.05) is 22.0 Å². The van der Waals surface area contributed by atoms with E-state index >= 15 is 0 Å². The molecule has 0 radical (unpaired) electrons. The minimum atomic E-state index is 0.147. The molecule has 4 nitrogen and oxygen atoms in total. The van der Waals surface area contributed by atoms with E-state index in [1.165, 1.54) is 11.1 Å². The van der Waals surface area contributed by atoms with Gasteiger partial charge in [-0.1, -0.05) is 68.4 Å². The summed E-state index contributed by atoms with van der Waals surface area (Å²) in [4.78, 5) is 0. The Morgan fingerprint density at radius 3 is 2.12 bits per heavy atom. The van der Waals surface area contributed by atoms with E-state index in [-0.39, 0.29) is 5.41 Å². The highest BCUT2D eigenvalue weighted by molar-refractivity contribution is 7.98. The van der Waals surface area contributed by atoms with Crippen LogP contribution in [0, 0.1) is 0 Å². The van der Waals surface area contributed by atoms with Crippen molar-refractivity contribution in [3.63, 3.8) is 0 Å². The maximum absolute atomic E-state index is 6.13. The number of ether oxygens (including phenoxy) is 1. The van der Waals surface area contributed by atoms with Crippen LogP contribution in [0.5, 0.6) is 5.75 Å². The van der Waals surface area contributed by atoms with Crippen molar-refractivity contribution in [3.05, 3.63) is 88.9 Å². The first-order valence-electron chi connectivity index (χ1n) is 10.4. The largest absolute Gasteiger partial charge is 0.497 e. The maximum Gasteiger partial charge on any atom is 0.196 e. The van der Waals surface area contributed by atoms with Crippen molar-refractivity contribution in [2.24, 2.45) is 0 Å². The molecule has 0 aliphatic carbocycles. The molecule has 0 amide bonds. The number of halogens is 1. The van der Waals surface area contributed by atoms with Crippen molar-refractivity contribution in [3.8, 4) is 22.8 Å². The molecule has 0 aliphatic heterocycles. The summed E-state index contributed by atoms with van der Waals surface area (Å²) in [5.41, 5.74) is 4.66. The van der Waals surface area contributed by atoms with E-state index < -0.39 is 0 Å². The highest BCUT2D eigenvalue weighted by Crippen LogP contribution is 2.31. The van der Waals surface area contributed by atoms with Crippen LogP contribution in [0.2, 0.25) is 5.02 Å². The molecule has 1 aromatic heterocycles. The molecule has 0 spiro atoms. The zero-order valence-corrected chi connectivity index (χ0v) is 20.2. The van der Waals surface area contributed by atoms with Crippen LogP contribution in [-0.4, -0.2) is 21.9 Å². The molecular formula is C26H26ClN3OS. The SMILES string of the molecule is COc1ccc(-c2nnc(SCc3ccc(C(C)(C)C)cc3)n2-c2ccc(Cl)cc2)cc1. The van der Waals surface area contributed by atoms with E-state index in [1.54, 1.807) is 18.9 Å². The average Bonchev–Trinajstić information content (AvgIpc) is 3.22. The molecule has 164 valence electrons. The Morgan fingerprint density at radius 2 is 1.53 bits per heavy atom. The number of hydrogen-bond acceptors (Lipinski definition) is 4. The molecule has 4 rings (SSSR count). The van der Waals surface area contributed by atoms with Crippen molar-refractivity contribution in [1.82, 2.24) is 14.8 Å². The fourth-order valence-corrected chi connectivity index (χ4v) is 4.40. The van der Waals surface area contributed by atoms with Gasteiger partial charge in [0.15, 0.2) is 11.0 Å². The lowest BCUT2D eigenvalue weighted by Gasteiger charge is -2.19. The number of rotatable bonds is 6. The molecule has 6 heteroatoms. The zero-order valence-electron chi connectivity index (χ0n) is 18.7. The van der Waals surface area contributed by atoms with Gasteiger partial charge in [-0.3, -0.25) is 4.57 Å². The Morgan fingerprint density at radius 1 is 0.875 bits per heavy atom. The second kappa shape index (κ2) is 9.39. The molecule has 0 saturated carbocycles. The number of thioether (sulfide) groups is 1. The third-order valence-corrected chi connectivity index (χ3v) is 6.51. The van der Waals surface area contributed by atoms with Gasteiger partial charge in [0.25, 0.3) is 0 Å². The normalized spacial score (nSPS) is 11.5. The minimum Gasteiger partial charge on any atom is -0.497 e. The van der Waals surface area contributed by atoms with Crippen molar-refractivity contribution < 1.29 is 4.74 Å². The molecule has 0 bridgehead atoms. The Hall–Kier alpha value is -2.76. The minimum absolute atomic E-state index is 0.147. The summed E-state index contributed by atoms with van der Waals surface area (Å²) < 4.78 is 7.37. The second-order valence-electron chi connectivity index (χ2n) is 8.58. The first-order valence-corrected chi connectivity index (χ1v) is 11.8. The van der Waals surface area contributed by atoms with Gasteiger partial charge < -0.3 is 4.74 Å². The van der Waals surface area contributed by atoms with Gasteiger partial charge in [-0.25, -0.2) is 0 Å². The van der Waals surface area contributed by atoms with E-state index in [2.05, 4.69) is 59.8 Å². The summed E-state index contributed by atoms with van der Waals surface area (Å²) in [6, 6.07) is 24.4. The van der Waals surface area contributed by atoms with Crippen molar-refractivity contribution in [2.45, 2.75) is 37.1 Å². The summed E-state index contributed by atoms with van der Waals surface area (Å²) in [5.74, 6) is 2.39. The van der Waals surface area contributed by atoms with E-state index in [1.807, 2.05) is 48.5 Å². The van der Waals surface area contributed by atoms with Crippen LogP contribution < -0.4 is 4.74 Å². The van der Waals surface area contributed by atoms with Crippen LogP contribution in [-0.2, 0) is 11.2 Å². The standard InChI is InChI=1S/C26H26ClN3OS/c1-26(2,3)20-9-5-18(6-10-20)17-32-25-29-28-24(19-7-15-23(31-4)16-8-19)30(25)22-13-11-21(27)12-14-22/h5-16H,17H2,1-4H3. The van der Waals surface area contributed by atoms with Crippen molar-refractivity contribution in [2.75, 3.05) is 7.11 Å². The Labute approximate surface area is 198 Å². The van der Waals surface area contributed by atoms with Gasteiger partial charge in [-0.15, -0.1) is 10.2 Å². The van der Waals surface area contributed by atoms with E-state index in [0.29, 0.717) is 5.02 Å². The smallest absolute Gasteiger partial charge is 0.196 e. The first kappa shape index (κ1) is 22.4. The van der Waals surface area contributed by atoms with Crippen LogP contribution in [0.15, 0.2) is 78.0 Å². The van der Waals surface area contributed by atoms with Crippen LogP contribution in [0.1, 0.15) is 31.9 Å². The molecule has 4 aromatic rings. The van der Waals surface area contributed by atoms with E-state index in [0.717, 1.165) is 33.7 Å². The number of nitrogens with zero attached hydrogens (tertiary/aromatic N) is 3. The number of methoxy groups -OCH3 is 1. The number of hydrogen-bond donors (Lipinski definition) is 0. The van der Waals surface area contributed by atoms with Crippen molar-refractivity contribution >= 4 is 23.4 Å².